The van der Waals surface area contributed by atoms with E-state index in [1.807, 2.05) is 13.8 Å². The summed E-state index contributed by atoms with van der Waals surface area (Å²) in [5.74, 6) is -0.0875. The van der Waals surface area contributed by atoms with Crippen molar-refractivity contribution in [2.24, 2.45) is 5.92 Å². The molecule has 0 bridgehead atoms. The van der Waals surface area contributed by atoms with E-state index >= 15 is 0 Å². The molecule has 0 N–H and O–H groups in total. The van der Waals surface area contributed by atoms with Gasteiger partial charge >= 0.3 is 0 Å². The highest BCUT2D eigenvalue weighted by Crippen LogP contribution is 2.65. The van der Waals surface area contributed by atoms with Crippen LogP contribution in [0.4, 0.5) is 0 Å². The van der Waals surface area contributed by atoms with Gasteiger partial charge in [0.1, 0.15) is 6.10 Å². The molecule has 24 heavy (non-hydrogen) atoms. The monoisotopic (exact) mass is 511 g/mol. The van der Waals surface area contributed by atoms with Crippen molar-refractivity contribution in [1.82, 2.24) is 0 Å². The van der Waals surface area contributed by atoms with Gasteiger partial charge in [-0.2, -0.15) is 0 Å². The van der Waals surface area contributed by atoms with Gasteiger partial charge in [-0.05, 0) is 17.0 Å². The van der Waals surface area contributed by atoms with Crippen LogP contribution in [-0.2, 0) is 9.44 Å². The van der Waals surface area contributed by atoms with Gasteiger partial charge in [0.25, 0.3) is 0 Å². The Bertz CT molecular complexity index is 561. The molecule has 0 fully saturated rings. The molecule has 0 aliphatic heterocycles. The van der Waals surface area contributed by atoms with Gasteiger partial charge in [-0.15, -0.1) is 0 Å². The molecule has 0 saturated carbocycles. The Morgan fingerprint density at radius 3 is 1.50 bits per heavy atom. The Hall–Kier alpha value is 1.79. The molecule has 1 rings (SSSR count). The largest absolute Gasteiger partial charge is 0.228 e. The predicted molar refractivity (Wildman–Crippen MR) is 107 cm³/mol. The van der Waals surface area contributed by atoms with Crippen LogP contribution in [0, 0.1) is 5.92 Å². The number of hydrogen-bond acceptors (Lipinski definition) is 0. The number of hydrogen-bond donors (Lipinski definition) is 0. The highest BCUT2D eigenvalue weighted by atomic mass is 35.6. The lowest BCUT2D eigenvalue weighted by atomic mass is 9.96. The van der Waals surface area contributed by atoms with E-state index < -0.39 is 22.9 Å². The lowest BCUT2D eigenvalue weighted by Gasteiger charge is -2.44. The van der Waals surface area contributed by atoms with Crippen LogP contribution in [0.3, 0.4) is 0 Å². The van der Waals surface area contributed by atoms with Crippen LogP contribution in [0.1, 0.15) is 31.1 Å². The summed E-state index contributed by atoms with van der Waals surface area (Å²) >= 11 is 54.4. The van der Waals surface area contributed by atoms with E-state index in [-0.39, 0.29) is 11.5 Å². The quantitative estimate of drug-likeness (QED) is 0.353. The van der Waals surface area contributed by atoms with Crippen molar-refractivity contribution >= 4 is 104 Å². The molecular weight excluding hydrogens is 503 g/mol. The number of rotatable bonds is 5. The number of halogens is 9. The SMILES string of the molecule is CC(C)C([O])c1ccc(C(Cl)(Cl)C(Cl)(Cl)C(Cl)(Cl)C(Cl)(Cl)Cl)cc1. The molecule has 1 aromatic rings. The fourth-order valence-corrected chi connectivity index (χ4v) is 4.05. The van der Waals surface area contributed by atoms with Crippen molar-refractivity contribution in [2.45, 2.75) is 36.7 Å². The molecule has 1 aromatic carbocycles. The Labute approximate surface area is 186 Å². The first-order valence-electron chi connectivity index (χ1n) is 6.53. The maximum atomic E-state index is 12.1. The van der Waals surface area contributed by atoms with E-state index in [2.05, 4.69) is 0 Å². The fourth-order valence-electron chi connectivity index (χ4n) is 1.82. The molecule has 0 spiro atoms. The average molecular weight is 515 g/mol. The second-order valence-corrected chi connectivity index (χ2v) is 11.8. The van der Waals surface area contributed by atoms with Gasteiger partial charge in [0, 0.05) is 0 Å². The summed E-state index contributed by atoms with van der Waals surface area (Å²) in [6.45, 7) is 3.63. The zero-order valence-electron chi connectivity index (χ0n) is 12.3. The van der Waals surface area contributed by atoms with E-state index in [0.29, 0.717) is 5.56 Å². The van der Waals surface area contributed by atoms with E-state index in [1.54, 1.807) is 12.1 Å². The third kappa shape index (κ3) is 4.43. The second kappa shape index (κ2) is 8.03. The molecule has 1 radical (unpaired) electrons. The number of alkyl halides is 9. The van der Waals surface area contributed by atoms with Crippen LogP contribution in [0.15, 0.2) is 24.3 Å². The highest BCUT2D eigenvalue weighted by molar-refractivity contribution is 6.80. The van der Waals surface area contributed by atoms with Crippen LogP contribution >= 0.6 is 104 Å². The van der Waals surface area contributed by atoms with Gasteiger partial charge in [-0.3, -0.25) is 0 Å². The third-order valence-corrected chi connectivity index (χ3v) is 8.83. The standard InChI is InChI=1S/C14H12Cl9O/c1-7(2)10(24)8-3-5-9(6-4-8)11(15,16)12(17,18)13(19,20)14(21,22)23/h3-7,10H,1-2H3. The summed E-state index contributed by atoms with van der Waals surface area (Å²) in [6.07, 6.45) is -0.905. The smallest absolute Gasteiger partial charge is 0.226 e. The van der Waals surface area contributed by atoms with Crippen molar-refractivity contribution in [3.63, 3.8) is 0 Å². The maximum absolute atomic E-state index is 12.1. The van der Waals surface area contributed by atoms with Crippen molar-refractivity contribution in [3.05, 3.63) is 35.4 Å². The average Bonchev–Trinajstić information content (AvgIpc) is 2.44. The Morgan fingerprint density at radius 1 is 0.750 bits per heavy atom. The topological polar surface area (TPSA) is 19.9 Å². The van der Waals surface area contributed by atoms with Gasteiger partial charge in [-0.1, -0.05) is 143 Å². The molecule has 1 unspecified atom stereocenters. The van der Waals surface area contributed by atoms with Crippen LogP contribution in [0.5, 0.6) is 0 Å². The summed E-state index contributed by atoms with van der Waals surface area (Å²) in [6, 6.07) is 6.11. The Morgan fingerprint density at radius 2 is 1.17 bits per heavy atom. The number of benzene rings is 1. The summed E-state index contributed by atoms with van der Waals surface area (Å²) in [4.78, 5) is 0. The highest BCUT2D eigenvalue weighted by Gasteiger charge is 2.68. The minimum Gasteiger partial charge on any atom is -0.228 e. The molecule has 0 aliphatic rings. The van der Waals surface area contributed by atoms with Gasteiger partial charge in [-0.25, -0.2) is 5.11 Å². The van der Waals surface area contributed by atoms with Crippen LogP contribution in [0.25, 0.3) is 0 Å². The lowest BCUT2D eigenvalue weighted by molar-refractivity contribution is 0.0487. The van der Waals surface area contributed by atoms with E-state index in [4.69, 9.17) is 104 Å². The first-order valence-corrected chi connectivity index (χ1v) is 9.94. The summed E-state index contributed by atoms with van der Waals surface area (Å²) in [5, 5.41) is 12.1. The van der Waals surface area contributed by atoms with Gasteiger partial charge in [0.2, 0.25) is 8.13 Å². The molecular formula is C14H12Cl9O. The van der Waals surface area contributed by atoms with Crippen LogP contribution in [-0.4, -0.2) is 12.5 Å². The van der Waals surface area contributed by atoms with E-state index in [0.717, 1.165) is 0 Å². The zero-order valence-corrected chi connectivity index (χ0v) is 19.1. The Balaban J connectivity index is 3.29. The minimum absolute atomic E-state index is 0.0875. The third-order valence-electron chi connectivity index (χ3n) is 3.35. The normalized spacial score (nSPS) is 15.7. The molecule has 1 nitrogen and oxygen atoms in total. The van der Waals surface area contributed by atoms with Crippen LogP contribution in [0.2, 0.25) is 0 Å². The molecule has 0 amide bonds. The molecule has 0 saturated heterocycles. The Kier molecular flexibility index (Phi) is 7.98. The first kappa shape index (κ1) is 23.8. The van der Waals surface area contributed by atoms with Crippen molar-refractivity contribution < 1.29 is 5.11 Å². The lowest BCUT2D eigenvalue weighted by Crippen LogP contribution is -2.54. The summed E-state index contributed by atoms with van der Waals surface area (Å²) in [5.41, 5.74) is 0.785. The molecule has 0 aliphatic carbocycles. The fraction of sp³-hybridized carbons (Fsp3) is 0.571. The van der Waals surface area contributed by atoms with Gasteiger partial charge in [0.15, 0.2) is 8.67 Å². The maximum Gasteiger partial charge on any atom is 0.226 e. The van der Waals surface area contributed by atoms with Gasteiger partial charge in [0.05, 0.1) is 0 Å². The van der Waals surface area contributed by atoms with Gasteiger partial charge < -0.3 is 0 Å². The molecule has 10 heteroatoms. The minimum atomic E-state index is -2.35. The zero-order chi connectivity index (χ0) is 19.1. The molecule has 1 atom stereocenters. The van der Waals surface area contributed by atoms with Crippen molar-refractivity contribution in [2.75, 3.05) is 0 Å². The van der Waals surface area contributed by atoms with Crippen molar-refractivity contribution in [3.8, 4) is 0 Å². The molecule has 137 valence electrons. The van der Waals surface area contributed by atoms with Crippen molar-refractivity contribution in [1.29, 1.82) is 0 Å². The van der Waals surface area contributed by atoms with E-state index in [1.165, 1.54) is 12.1 Å². The summed E-state index contributed by atoms with van der Waals surface area (Å²) in [7, 11) is 0. The molecule has 0 heterocycles. The first-order chi connectivity index (χ1) is 10.6. The second-order valence-electron chi connectivity index (χ2n) is 5.51. The molecule has 0 aromatic heterocycles. The van der Waals surface area contributed by atoms with Crippen LogP contribution < -0.4 is 0 Å². The predicted octanol–water partition coefficient (Wildman–Crippen LogP) is 8.16. The summed E-state index contributed by atoms with van der Waals surface area (Å²) < 4.78 is -8.99. The van der Waals surface area contributed by atoms with E-state index in [9.17, 15) is 5.11 Å².